The molecule has 1 unspecified atom stereocenters. The summed E-state index contributed by atoms with van der Waals surface area (Å²) >= 11 is 6.10. The number of aryl methyl sites for hydroxylation is 1. The summed E-state index contributed by atoms with van der Waals surface area (Å²) in [6, 6.07) is 5.71. The number of halogens is 1. The van der Waals surface area contributed by atoms with E-state index >= 15 is 0 Å². The van der Waals surface area contributed by atoms with Crippen LogP contribution in [0.25, 0.3) is 0 Å². The van der Waals surface area contributed by atoms with Gasteiger partial charge in [-0.3, -0.25) is 4.90 Å². The molecule has 0 spiro atoms. The number of carbonyl (C=O) groups is 1. The highest BCUT2D eigenvalue weighted by molar-refractivity contribution is 6.31. The van der Waals surface area contributed by atoms with E-state index in [1.54, 1.807) is 4.90 Å². The van der Waals surface area contributed by atoms with Crippen LogP contribution in [0.1, 0.15) is 12.0 Å². The van der Waals surface area contributed by atoms with Crippen molar-refractivity contribution in [2.75, 3.05) is 25.1 Å². The summed E-state index contributed by atoms with van der Waals surface area (Å²) in [4.78, 5) is 13.5. The third-order valence-corrected chi connectivity index (χ3v) is 3.53. The minimum absolute atomic E-state index is 0.0729. The fourth-order valence-electron chi connectivity index (χ4n) is 2.03. The number of hydrogen-bond acceptors (Lipinski definition) is 3. The Morgan fingerprint density at radius 2 is 2.33 bits per heavy atom. The lowest BCUT2D eigenvalue weighted by molar-refractivity contribution is 0.178. The third-order valence-electron chi connectivity index (χ3n) is 3.12. The molecule has 1 heterocycles. The predicted molar refractivity (Wildman–Crippen MR) is 72.3 cm³/mol. The molecule has 0 aliphatic carbocycles. The highest BCUT2D eigenvalue weighted by Gasteiger charge is 2.33. The Morgan fingerprint density at radius 3 is 3.00 bits per heavy atom. The number of hydrogen-bond donors (Lipinski definition) is 1. The fraction of sp³-hybridized carbons (Fsp3) is 0.462. The van der Waals surface area contributed by atoms with Gasteiger partial charge in [-0.15, -0.1) is 0 Å². The molecule has 2 rings (SSSR count). The fourth-order valence-corrected chi connectivity index (χ4v) is 2.21. The monoisotopic (exact) mass is 268 g/mol. The lowest BCUT2D eigenvalue weighted by Crippen LogP contribution is -2.35. The van der Waals surface area contributed by atoms with Gasteiger partial charge in [-0.25, -0.2) is 4.79 Å². The van der Waals surface area contributed by atoms with Crippen LogP contribution >= 0.6 is 11.6 Å². The SMILES string of the molecule is CNCCC1COC(=O)N1c1ccc(C)c(Cl)c1. The average molecular weight is 269 g/mol. The van der Waals surface area contributed by atoms with Gasteiger partial charge in [-0.2, -0.15) is 0 Å². The number of ether oxygens (including phenoxy) is 1. The number of nitrogens with zero attached hydrogens (tertiary/aromatic N) is 1. The number of nitrogens with one attached hydrogen (secondary N) is 1. The maximum atomic E-state index is 11.8. The Kier molecular flexibility index (Phi) is 4.09. The maximum Gasteiger partial charge on any atom is 0.414 e. The van der Waals surface area contributed by atoms with Gasteiger partial charge in [-0.1, -0.05) is 17.7 Å². The van der Waals surface area contributed by atoms with E-state index < -0.39 is 0 Å². The van der Waals surface area contributed by atoms with E-state index in [9.17, 15) is 4.79 Å². The summed E-state index contributed by atoms with van der Waals surface area (Å²) in [7, 11) is 1.89. The summed E-state index contributed by atoms with van der Waals surface area (Å²) in [6.45, 7) is 3.22. The van der Waals surface area contributed by atoms with Crippen LogP contribution in [0.4, 0.5) is 10.5 Å². The first-order valence-electron chi connectivity index (χ1n) is 6.00. The molecule has 1 N–H and O–H groups in total. The first-order valence-corrected chi connectivity index (χ1v) is 6.38. The lowest BCUT2D eigenvalue weighted by Gasteiger charge is -2.21. The topological polar surface area (TPSA) is 41.6 Å². The Hall–Kier alpha value is -1.26. The smallest absolute Gasteiger partial charge is 0.414 e. The molecule has 98 valence electrons. The molecule has 4 nitrogen and oxygen atoms in total. The molecule has 1 aromatic rings. The molecule has 0 bridgehead atoms. The average Bonchev–Trinajstić information content (AvgIpc) is 2.71. The quantitative estimate of drug-likeness (QED) is 0.913. The minimum Gasteiger partial charge on any atom is -0.447 e. The first-order chi connectivity index (χ1) is 8.63. The Bertz CT molecular complexity index is 451. The number of rotatable bonds is 4. The molecule has 1 saturated heterocycles. The van der Waals surface area contributed by atoms with Crippen LogP contribution in [0.5, 0.6) is 0 Å². The summed E-state index contributed by atoms with van der Waals surface area (Å²) in [6.07, 6.45) is 0.560. The predicted octanol–water partition coefficient (Wildman–Crippen LogP) is 2.58. The van der Waals surface area contributed by atoms with Crippen molar-refractivity contribution in [3.63, 3.8) is 0 Å². The second kappa shape index (κ2) is 5.59. The van der Waals surface area contributed by atoms with E-state index in [-0.39, 0.29) is 12.1 Å². The van der Waals surface area contributed by atoms with E-state index in [0.29, 0.717) is 11.6 Å². The molecule has 1 aliphatic rings. The Labute approximate surface area is 112 Å². The summed E-state index contributed by atoms with van der Waals surface area (Å²) in [5, 5.41) is 3.75. The van der Waals surface area contributed by atoms with Crippen molar-refractivity contribution in [1.82, 2.24) is 5.32 Å². The Morgan fingerprint density at radius 1 is 1.56 bits per heavy atom. The van der Waals surface area contributed by atoms with Gasteiger partial charge in [0.2, 0.25) is 0 Å². The molecular weight excluding hydrogens is 252 g/mol. The highest BCUT2D eigenvalue weighted by Crippen LogP contribution is 2.28. The van der Waals surface area contributed by atoms with Crippen LogP contribution in [-0.4, -0.2) is 32.3 Å². The van der Waals surface area contributed by atoms with E-state index in [0.717, 1.165) is 24.2 Å². The van der Waals surface area contributed by atoms with Crippen LogP contribution in [0.15, 0.2) is 18.2 Å². The van der Waals surface area contributed by atoms with Gasteiger partial charge in [0, 0.05) is 10.7 Å². The van der Waals surface area contributed by atoms with Crippen molar-refractivity contribution in [3.8, 4) is 0 Å². The molecule has 1 amide bonds. The van der Waals surface area contributed by atoms with Crippen LogP contribution in [0, 0.1) is 6.92 Å². The summed E-state index contributed by atoms with van der Waals surface area (Å²) in [5.74, 6) is 0. The van der Waals surface area contributed by atoms with Crippen LogP contribution < -0.4 is 10.2 Å². The molecule has 5 heteroatoms. The zero-order chi connectivity index (χ0) is 13.1. The lowest BCUT2D eigenvalue weighted by atomic mass is 10.1. The molecule has 1 atom stereocenters. The third kappa shape index (κ3) is 2.60. The highest BCUT2D eigenvalue weighted by atomic mass is 35.5. The van der Waals surface area contributed by atoms with Gasteiger partial charge in [0.15, 0.2) is 0 Å². The number of benzene rings is 1. The van der Waals surface area contributed by atoms with E-state index in [1.165, 1.54) is 0 Å². The molecule has 0 aromatic heterocycles. The van der Waals surface area contributed by atoms with Crippen molar-refractivity contribution < 1.29 is 9.53 Å². The second-order valence-corrected chi connectivity index (χ2v) is 4.83. The van der Waals surface area contributed by atoms with E-state index in [1.807, 2.05) is 32.2 Å². The van der Waals surface area contributed by atoms with Crippen LogP contribution in [-0.2, 0) is 4.74 Å². The van der Waals surface area contributed by atoms with Crippen LogP contribution in [0.3, 0.4) is 0 Å². The molecular formula is C13H17ClN2O2. The van der Waals surface area contributed by atoms with Crippen molar-refractivity contribution in [2.24, 2.45) is 0 Å². The van der Waals surface area contributed by atoms with Crippen molar-refractivity contribution >= 4 is 23.4 Å². The van der Waals surface area contributed by atoms with Gasteiger partial charge < -0.3 is 10.1 Å². The zero-order valence-corrected chi connectivity index (χ0v) is 11.3. The van der Waals surface area contributed by atoms with E-state index in [2.05, 4.69) is 5.32 Å². The molecule has 0 radical (unpaired) electrons. The summed E-state index contributed by atoms with van der Waals surface area (Å²) < 4.78 is 5.12. The number of carbonyl (C=O) groups excluding carboxylic acids is 1. The van der Waals surface area contributed by atoms with Gasteiger partial charge >= 0.3 is 6.09 Å². The number of anilines is 1. The van der Waals surface area contributed by atoms with Gasteiger partial charge in [0.25, 0.3) is 0 Å². The van der Waals surface area contributed by atoms with Crippen molar-refractivity contribution in [3.05, 3.63) is 28.8 Å². The standard InChI is InChI=1S/C13H17ClN2O2/c1-9-3-4-10(7-12(9)14)16-11(5-6-15-2)8-18-13(16)17/h3-4,7,11,15H,5-6,8H2,1-2H3. The van der Waals surface area contributed by atoms with Crippen molar-refractivity contribution in [2.45, 2.75) is 19.4 Å². The molecule has 1 aromatic carbocycles. The number of cyclic esters (lactones) is 1. The largest absolute Gasteiger partial charge is 0.447 e. The van der Waals surface area contributed by atoms with Gasteiger partial charge in [0.1, 0.15) is 6.61 Å². The maximum absolute atomic E-state index is 11.8. The van der Waals surface area contributed by atoms with E-state index in [4.69, 9.17) is 16.3 Å². The minimum atomic E-state index is -0.295. The molecule has 0 saturated carbocycles. The van der Waals surface area contributed by atoms with Gasteiger partial charge in [0.05, 0.1) is 6.04 Å². The second-order valence-electron chi connectivity index (χ2n) is 4.43. The summed E-state index contributed by atoms with van der Waals surface area (Å²) in [5.41, 5.74) is 1.80. The number of amides is 1. The molecule has 18 heavy (non-hydrogen) atoms. The molecule has 1 aliphatic heterocycles. The van der Waals surface area contributed by atoms with Crippen molar-refractivity contribution in [1.29, 1.82) is 0 Å². The molecule has 1 fully saturated rings. The Balaban J connectivity index is 2.22. The first kappa shape index (κ1) is 13.2. The zero-order valence-electron chi connectivity index (χ0n) is 10.6. The van der Waals surface area contributed by atoms with Gasteiger partial charge in [-0.05, 0) is 44.6 Å². The normalized spacial score (nSPS) is 19.2. The van der Waals surface area contributed by atoms with Crippen LogP contribution in [0.2, 0.25) is 5.02 Å².